The van der Waals surface area contributed by atoms with Gasteiger partial charge in [-0.25, -0.2) is 0 Å². The summed E-state index contributed by atoms with van der Waals surface area (Å²) in [6.45, 7) is 1.92. The van der Waals surface area contributed by atoms with Crippen LogP contribution in [-0.4, -0.2) is 52.4 Å². The largest absolute Gasteiger partial charge is 0.507 e. The number of anilines is 2. The average molecular weight is 311 g/mol. The molecule has 0 amide bonds. The molecule has 2 saturated heterocycles. The maximum atomic E-state index is 10.0. The Bertz CT molecular complexity index is 721. The van der Waals surface area contributed by atoms with E-state index < -0.39 is 0 Å². The zero-order valence-corrected chi connectivity index (χ0v) is 13.2. The molecule has 3 heterocycles. The fourth-order valence-electron chi connectivity index (χ4n) is 3.78. The number of rotatable bonds is 2. The summed E-state index contributed by atoms with van der Waals surface area (Å²) in [6, 6.07) is 10.3. The number of nitrogens with two attached hydrogens (primary N) is 1. The van der Waals surface area contributed by atoms with Gasteiger partial charge in [-0.15, -0.1) is 10.2 Å². The molecule has 23 heavy (non-hydrogen) atoms. The molecule has 4 rings (SSSR count). The van der Waals surface area contributed by atoms with Gasteiger partial charge in [-0.1, -0.05) is 12.1 Å². The molecular formula is C17H21N5O. The van der Waals surface area contributed by atoms with Crippen LogP contribution in [-0.2, 0) is 0 Å². The number of aromatic hydroxyl groups is 1. The van der Waals surface area contributed by atoms with Gasteiger partial charge < -0.3 is 15.7 Å². The molecule has 3 N–H and O–H groups in total. The van der Waals surface area contributed by atoms with E-state index in [1.165, 1.54) is 12.8 Å². The second-order valence-corrected chi connectivity index (χ2v) is 6.47. The van der Waals surface area contributed by atoms with E-state index in [9.17, 15) is 5.11 Å². The highest BCUT2D eigenvalue weighted by atomic mass is 16.3. The molecule has 2 bridgehead atoms. The molecule has 120 valence electrons. The first-order valence-electron chi connectivity index (χ1n) is 8.02. The standard InChI is InChI=1S/C17H21N5O/c1-21-11-6-7-12(21)10-22(9-11)15-8-14(19-20-17(15)18)13-4-2-3-5-16(13)23/h2-5,8,11-12,23H,6-7,9-10H2,1H3,(H2,18,20). The van der Waals surface area contributed by atoms with Crippen molar-refractivity contribution < 1.29 is 5.11 Å². The Hall–Kier alpha value is -2.34. The number of phenolic OH excluding ortho intramolecular Hbond substituents is 1. The van der Waals surface area contributed by atoms with Gasteiger partial charge in [0.1, 0.15) is 5.75 Å². The van der Waals surface area contributed by atoms with E-state index in [1.807, 2.05) is 18.2 Å². The Labute approximate surface area is 135 Å². The van der Waals surface area contributed by atoms with Crippen molar-refractivity contribution >= 4 is 11.5 Å². The topological polar surface area (TPSA) is 78.5 Å². The van der Waals surface area contributed by atoms with Crippen LogP contribution in [0, 0.1) is 0 Å². The van der Waals surface area contributed by atoms with Crippen molar-refractivity contribution in [1.29, 1.82) is 0 Å². The number of phenols is 1. The van der Waals surface area contributed by atoms with Crippen LogP contribution in [0.1, 0.15) is 12.8 Å². The predicted molar refractivity (Wildman–Crippen MR) is 90.3 cm³/mol. The van der Waals surface area contributed by atoms with Crippen LogP contribution in [0.4, 0.5) is 11.5 Å². The molecule has 6 heteroatoms. The molecule has 2 aliphatic rings. The predicted octanol–water partition coefficient (Wildman–Crippen LogP) is 1.71. The van der Waals surface area contributed by atoms with E-state index >= 15 is 0 Å². The lowest BCUT2D eigenvalue weighted by Crippen LogP contribution is -2.52. The zero-order valence-electron chi connectivity index (χ0n) is 13.2. The van der Waals surface area contributed by atoms with Gasteiger partial charge >= 0.3 is 0 Å². The molecule has 2 aromatic rings. The average Bonchev–Trinajstić information content (AvgIpc) is 2.77. The Morgan fingerprint density at radius 3 is 2.52 bits per heavy atom. The highest BCUT2D eigenvalue weighted by molar-refractivity contribution is 5.74. The number of aromatic nitrogens is 2. The van der Waals surface area contributed by atoms with Crippen LogP contribution in [0.25, 0.3) is 11.3 Å². The lowest BCUT2D eigenvalue weighted by molar-refractivity contribution is 0.212. The zero-order chi connectivity index (χ0) is 16.0. The number of hydrogen-bond donors (Lipinski definition) is 2. The van der Waals surface area contributed by atoms with Gasteiger partial charge in [0.15, 0.2) is 5.82 Å². The van der Waals surface area contributed by atoms with Crippen LogP contribution in [0.15, 0.2) is 30.3 Å². The van der Waals surface area contributed by atoms with E-state index in [2.05, 4.69) is 27.0 Å². The summed E-state index contributed by atoms with van der Waals surface area (Å²) in [5.41, 5.74) is 8.34. The molecule has 1 aromatic carbocycles. The van der Waals surface area contributed by atoms with Crippen LogP contribution < -0.4 is 10.6 Å². The quantitative estimate of drug-likeness (QED) is 0.879. The monoisotopic (exact) mass is 311 g/mol. The molecule has 0 spiro atoms. The van der Waals surface area contributed by atoms with Gasteiger partial charge in [-0.2, -0.15) is 0 Å². The summed E-state index contributed by atoms with van der Waals surface area (Å²) in [4.78, 5) is 4.79. The van der Waals surface area contributed by atoms with E-state index in [0.717, 1.165) is 18.8 Å². The summed E-state index contributed by atoms with van der Waals surface area (Å²) in [6.07, 6.45) is 2.48. The third kappa shape index (κ3) is 2.39. The van der Waals surface area contributed by atoms with E-state index in [-0.39, 0.29) is 5.75 Å². The van der Waals surface area contributed by atoms with E-state index in [4.69, 9.17) is 5.73 Å². The Balaban J connectivity index is 1.70. The van der Waals surface area contributed by atoms with Crippen molar-refractivity contribution in [2.45, 2.75) is 24.9 Å². The van der Waals surface area contributed by atoms with Crippen molar-refractivity contribution in [3.63, 3.8) is 0 Å². The first kappa shape index (κ1) is 14.3. The molecular weight excluding hydrogens is 290 g/mol. The SMILES string of the molecule is CN1C2CCC1CN(c1cc(-c3ccccc3O)nnc1N)C2. The minimum absolute atomic E-state index is 0.205. The number of benzene rings is 1. The highest BCUT2D eigenvalue weighted by Gasteiger charge is 2.38. The molecule has 0 saturated carbocycles. The lowest BCUT2D eigenvalue weighted by atomic mass is 10.1. The fourth-order valence-corrected chi connectivity index (χ4v) is 3.78. The van der Waals surface area contributed by atoms with E-state index in [0.29, 0.717) is 29.2 Å². The number of fused-ring (bicyclic) bond motifs is 2. The third-order valence-corrected chi connectivity index (χ3v) is 5.17. The van der Waals surface area contributed by atoms with Crippen LogP contribution >= 0.6 is 0 Å². The summed E-state index contributed by atoms with van der Waals surface area (Å²) in [7, 11) is 2.21. The summed E-state index contributed by atoms with van der Waals surface area (Å²) in [5.74, 6) is 0.657. The highest BCUT2D eigenvalue weighted by Crippen LogP contribution is 2.35. The lowest BCUT2D eigenvalue weighted by Gasteiger charge is -2.40. The van der Waals surface area contributed by atoms with Crippen molar-refractivity contribution in [2.24, 2.45) is 0 Å². The minimum Gasteiger partial charge on any atom is -0.507 e. The number of para-hydroxylation sites is 1. The molecule has 2 aliphatic heterocycles. The summed E-state index contributed by atoms with van der Waals surface area (Å²) >= 11 is 0. The summed E-state index contributed by atoms with van der Waals surface area (Å²) in [5, 5.41) is 18.3. The smallest absolute Gasteiger partial charge is 0.169 e. The van der Waals surface area contributed by atoms with Crippen molar-refractivity contribution in [3.8, 4) is 17.0 Å². The Kier molecular flexibility index (Phi) is 3.34. The van der Waals surface area contributed by atoms with Crippen LogP contribution in [0.3, 0.4) is 0 Å². The van der Waals surface area contributed by atoms with Gasteiger partial charge in [0, 0.05) is 30.7 Å². The number of nitrogens with zero attached hydrogens (tertiary/aromatic N) is 4. The molecule has 2 unspecified atom stereocenters. The minimum atomic E-state index is 0.205. The molecule has 0 radical (unpaired) electrons. The molecule has 0 aliphatic carbocycles. The number of hydrogen-bond acceptors (Lipinski definition) is 6. The van der Waals surface area contributed by atoms with Gasteiger partial charge in [0.05, 0.1) is 11.4 Å². The molecule has 2 fully saturated rings. The first-order chi connectivity index (χ1) is 11.1. The first-order valence-corrected chi connectivity index (χ1v) is 8.02. The van der Waals surface area contributed by atoms with Crippen LogP contribution in [0.5, 0.6) is 5.75 Å². The maximum absolute atomic E-state index is 10.0. The molecule has 2 atom stereocenters. The van der Waals surface area contributed by atoms with Crippen molar-refractivity contribution in [2.75, 3.05) is 30.8 Å². The van der Waals surface area contributed by atoms with Gasteiger partial charge in [0.2, 0.25) is 0 Å². The number of piperazine rings is 1. The van der Waals surface area contributed by atoms with Crippen molar-refractivity contribution in [3.05, 3.63) is 30.3 Å². The van der Waals surface area contributed by atoms with Crippen LogP contribution in [0.2, 0.25) is 0 Å². The van der Waals surface area contributed by atoms with Gasteiger partial charge in [-0.3, -0.25) is 4.90 Å². The Morgan fingerprint density at radius 2 is 1.83 bits per heavy atom. The maximum Gasteiger partial charge on any atom is 0.169 e. The van der Waals surface area contributed by atoms with Gasteiger partial charge in [-0.05, 0) is 38.1 Å². The molecule has 1 aromatic heterocycles. The number of likely N-dealkylation sites (N-methyl/N-ethyl adjacent to an activating group) is 1. The second kappa shape index (κ2) is 5.38. The summed E-state index contributed by atoms with van der Waals surface area (Å²) < 4.78 is 0. The Morgan fingerprint density at radius 1 is 1.13 bits per heavy atom. The number of nitrogen functional groups attached to an aromatic ring is 1. The van der Waals surface area contributed by atoms with E-state index in [1.54, 1.807) is 12.1 Å². The third-order valence-electron chi connectivity index (χ3n) is 5.17. The second-order valence-electron chi connectivity index (χ2n) is 6.47. The normalized spacial score (nSPS) is 24.1. The molecule has 6 nitrogen and oxygen atoms in total. The fraction of sp³-hybridized carbons (Fsp3) is 0.412. The van der Waals surface area contributed by atoms with Crippen molar-refractivity contribution in [1.82, 2.24) is 15.1 Å². The van der Waals surface area contributed by atoms with Gasteiger partial charge in [0.25, 0.3) is 0 Å².